The van der Waals surface area contributed by atoms with Gasteiger partial charge in [0, 0.05) is 0 Å². The molecule has 1 saturated heterocycles. The molecule has 8 N–H and O–H groups in total. The SMILES string of the molecule is CCCCCCCCCCCCCCCCCCCCCCCCCCC(O)C(=O)NC(COC1OC(CO)C(O)C(O)C1O)C(O)C(O)CCCCCCCCCCCCCCCC. The molecule has 11 nitrogen and oxygen atoms in total. The van der Waals surface area contributed by atoms with Crippen LogP contribution in [0.1, 0.15) is 271 Å². The Labute approximate surface area is 399 Å². The van der Waals surface area contributed by atoms with Crippen LogP contribution in [0.3, 0.4) is 0 Å². The summed E-state index contributed by atoms with van der Waals surface area (Å²) in [7, 11) is 0. The van der Waals surface area contributed by atoms with Gasteiger partial charge in [0.25, 0.3) is 0 Å². The molecule has 0 spiro atoms. The maximum Gasteiger partial charge on any atom is 0.249 e. The molecule has 1 rings (SSSR count). The zero-order chi connectivity index (χ0) is 47.6. The molecule has 0 aromatic heterocycles. The van der Waals surface area contributed by atoms with Gasteiger partial charge in [0.15, 0.2) is 6.29 Å². The first-order chi connectivity index (χ1) is 31.7. The van der Waals surface area contributed by atoms with Gasteiger partial charge in [0.2, 0.25) is 5.91 Å². The van der Waals surface area contributed by atoms with E-state index in [0.717, 1.165) is 38.5 Å². The first-order valence-electron chi connectivity index (χ1n) is 27.9. The molecular weight excluding hydrogens is 823 g/mol. The molecule has 0 aromatic carbocycles. The summed E-state index contributed by atoms with van der Waals surface area (Å²) in [6.45, 7) is 3.48. The average Bonchev–Trinajstić information content (AvgIpc) is 3.31. The molecule has 9 unspecified atom stereocenters. The highest BCUT2D eigenvalue weighted by atomic mass is 16.7. The van der Waals surface area contributed by atoms with E-state index in [9.17, 15) is 40.5 Å². The quantitative estimate of drug-likeness (QED) is 0.0273. The highest BCUT2D eigenvalue weighted by Gasteiger charge is 2.44. The van der Waals surface area contributed by atoms with Gasteiger partial charge in [0.1, 0.15) is 36.6 Å². The van der Waals surface area contributed by atoms with Gasteiger partial charge in [-0.05, 0) is 12.8 Å². The van der Waals surface area contributed by atoms with Crippen molar-refractivity contribution in [1.29, 1.82) is 0 Å². The molecule has 1 fully saturated rings. The van der Waals surface area contributed by atoms with E-state index in [1.54, 1.807) is 0 Å². The van der Waals surface area contributed by atoms with Gasteiger partial charge < -0.3 is 50.5 Å². The molecule has 1 heterocycles. The van der Waals surface area contributed by atoms with Crippen molar-refractivity contribution < 1.29 is 50.0 Å². The second-order valence-corrected chi connectivity index (χ2v) is 20.0. The number of aliphatic hydroxyl groups is 7. The molecule has 0 aliphatic carbocycles. The van der Waals surface area contributed by atoms with Crippen LogP contribution in [0.25, 0.3) is 0 Å². The molecular formula is C54H107NO10. The summed E-state index contributed by atoms with van der Waals surface area (Å²) in [6.07, 6.45) is 37.3. The molecule has 1 aliphatic rings. The molecule has 1 amide bonds. The Kier molecular flexibility index (Phi) is 42.4. The molecule has 0 aromatic rings. The standard InChI is InChI=1S/C54H107NO10/c1-3-5-7-9-11-13-15-17-19-20-21-22-23-24-25-26-27-28-30-32-34-36-38-40-42-47(58)53(63)55-45(44-64-54-52(62)51(61)50(60)48(43-56)65-54)49(59)46(57)41-39-37-35-33-31-29-18-16-14-12-10-8-6-4-2/h45-52,54,56-62H,3-44H2,1-2H3,(H,55,63). The number of hydrogen-bond donors (Lipinski definition) is 8. The summed E-state index contributed by atoms with van der Waals surface area (Å²) < 4.78 is 11.1. The predicted octanol–water partition coefficient (Wildman–Crippen LogP) is 11.0. The van der Waals surface area contributed by atoms with Gasteiger partial charge in [-0.1, -0.05) is 258 Å². The smallest absolute Gasteiger partial charge is 0.249 e. The number of hydrogen-bond acceptors (Lipinski definition) is 10. The number of ether oxygens (including phenoxy) is 2. The molecule has 0 bridgehead atoms. The van der Waals surface area contributed by atoms with Crippen LogP contribution in [0, 0.1) is 0 Å². The lowest BCUT2D eigenvalue weighted by Gasteiger charge is -2.40. The minimum absolute atomic E-state index is 0.267. The number of aliphatic hydroxyl groups excluding tert-OH is 7. The summed E-state index contributed by atoms with van der Waals surface area (Å²) in [5.74, 6) is -0.691. The van der Waals surface area contributed by atoms with Crippen molar-refractivity contribution in [2.75, 3.05) is 13.2 Å². The van der Waals surface area contributed by atoms with E-state index in [1.807, 2.05) is 0 Å². The van der Waals surface area contributed by atoms with Crippen LogP contribution < -0.4 is 5.32 Å². The van der Waals surface area contributed by atoms with Gasteiger partial charge in [0.05, 0.1) is 25.4 Å². The van der Waals surface area contributed by atoms with Crippen LogP contribution in [0.4, 0.5) is 0 Å². The van der Waals surface area contributed by atoms with E-state index in [-0.39, 0.29) is 6.42 Å². The topological polar surface area (TPSA) is 189 Å². The van der Waals surface area contributed by atoms with Crippen LogP contribution in [0.5, 0.6) is 0 Å². The Bertz CT molecular complexity index is 1020. The maximum absolute atomic E-state index is 13.2. The van der Waals surface area contributed by atoms with Gasteiger partial charge in [-0.2, -0.15) is 0 Å². The number of unbranched alkanes of at least 4 members (excludes halogenated alkanes) is 36. The van der Waals surface area contributed by atoms with Gasteiger partial charge >= 0.3 is 0 Å². The van der Waals surface area contributed by atoms with E-state index in [4.69, 9.17) is 9.47 Å². The zero-order valence-corrected chi connectivity index (χ0v) is 42.2. The fourth-order valence-electron chi connectivity index (χ4n) is 9.33. The predicted molar refractivity (Wildman–Crippen MR) is 266 cm³/mol. The summed E-state index contributed by atoms with van der Waals surface area (Å²) >= 11 is 0. The van der Waals surface area contributed by atoms with E-state index in [1.165, 1.54) is 193 Å². The molecule has 11 heteroatoms. The van der Waals surface area contributed by atoms with Crippen LogP contribution in [-0.4, -0.2) is 110 Å². The van der Waals surface area contributed by atoms with Crippen molar-refractivity contribution in [3.05, 3.63) is 0 Å². The molecule has 0 saturated carbocycles. The first kappa shape index (κ1) is 62.1. The second kappa shape index (κ2) is 44.3. The fraction of sp³-hybridized carbons (Fsp3) is 0.981. The van der Waals surface area contributed by atoms with Crippen LogP contribution in [0.15, 0.2) is 0 Å². The van der Waals surface area contributed by atoms with Crippen LogP contribution in [0.2, 0.25) is 0 Å². The fourth-order valence-corrected chi connectivity index (χ4v) is 9.33. The van der Waals surface area contributed by atoms with Crippen molar-refractivity contribution in [2.45, 2.75) is 326 Å². The molecule has 388 valence electrons. The first-order valence-corrected chi connectivity index (χ1v) is 27.9. The summed E-state index contributed by atoms with van der Waals surface area (Å²) in [5.41, 5.74) is 0. The van der Waals surface area contributed by atoms with Crippen molar-refractivity contribution in [3.8, 4) is 0 Å². The third-order valence-electron chi connectivity index (χ3n) is 13.9. The van der Waals surface area contributed by atoms with Crippen LogP contribution in [-0.2, 0) is 14.3 Å². The highest BCUT2D eigenvalue weighted by molar-refractivity contribution is 5.80. The van der Waals surface area contributed by atoms with Crippen LogP contribution >= 0.6 is 0 Å². The Balaban J connectivity index is 2.29. The van der Waals surface area contributed by atoms with Gasteiger partial charge in [-0.25, -0.2) is 0 Å². The molecule has 0 radical (unpaired) electrons. The Morgan fingerprint density at radius 1 is 0.477 bits per heavy atom. The van der Waals surface area contributed by atoms with Crippen molar-refractivity contribution in [3.63, 3.8) is 0 Å². The summed E-state index contributed by atoms with van der Waals surface area (Å²) in [6, 6.07) is -1.16. The Morgan fingerprint density at radius 3 is 1.14 bits per heavy atom. The maximum atomic E-state index is 13.2. The van der Waals surface area contributed by atoms with Gasteiger partial charge in [-0.3, -0.25) is 4.79 Å². The molecule has 1 aliphatic heterocycles. The minimum atomic E-state index is -1.66. The minimum Gasteiger partial charge on any atom is -0.394 e. The normalized spacial score (nSPS) is 20.8. The third kappa shape index (κ3) is 33.3. The largest absolute Gasteiger partial charge is 0.394 e. The molecule has 65 heavy (non-hydrogen) atoms. The van der Waals surface area contributed by atoms with Gasteiger partial charge in [-0.15, -0.1) is 0 Å². The lowest BCUT2D eigenvalue weighted by Crippen LogP contribution is -2.60. The van der Waals surface area contributed by atoms with Crippen molar-refractivity contribution in [2.24, 2.45) is 0 Å². The third-order valence-corrected chi connectivity index (χ3v) is 13.9. The van der Waals surface area contributed by atoms with Crippen molar-refractivity contribution >= 4 is 5.91 Å². The highest BCUT2D eigenvalue weighted by Crippen LogP contribution is 2.23. The summed E-state index contributed by atoms with van der Waals surface area (Å²) in [4.78, 5) is 13.2. The number of nitrogens with one attached hydrogen (secondary N) is 1. The summed E-state index contributed by atoms with van der Waals surface area (Å²) in [5, 5.41) is 76.0. The Morgan fingerprint density at radius 2 is 0.800 bits per heavy atom. The second-order valence-electron chi connectivity index (χ2n) is 20.0. The van der Waals surface area contributed by atoms with E-state index < -0.39 is 74.2 Å². The van der Waals surface area contributed by atoms with E-state index in [2.05, 4.69) is 19.2 Å². The van der Waals surface area contributed by atoms with Crippen molar-refractivity contribution in [1.82, 2.24) is 5.32 Å². The lowest BCUT2D eigenvalue weighted by atomic mass is 9.98. The lowest BCUT2D eigenvalue weighted by molar-refractivity contribution is -0.303. The zero-order valence-electron chi connectivity index (χ0n) is 42.2. The Hall–Kier alpha value is -0.890. The number of rotatable bonds is 48. The number of amides is 1. The van der Waals surface area contributed by atoms with E-state index >= 15 is 0 Å². The molecule has 9 atom stereocenters. The average molecular weight is 930 g/mol. The van der Waals surface area contributed by atoms with E-state index in [0.29, 0.717) is 19.3 Å². The number of carbonyl (C=O) groups excluding carboxylic acids is 1. The monoisotopic (exact) mass is 930 g/mol. The number of carbonyl (C=O) groups is 1.